The van der Waals surface area contributed by atoms with Gasteiger partial charge in [-0.1, -0.05) is 0 Å². The van der Waals surface area contributed by atoms with Gasteiger partial charge in [0.05, 0.1) is 6.26 Å². The molecule has 2 N–H and O–H groups in total. The van der Waals surface area contributed by atoms with Crippen molar-refractivity contribution in [1.82, 2.24) is 9.97 Å². The normalized spacial score (nSPS) is 10.2. The molecule has 0 spiro atoms. The number of nitrogens with two attached hydrogens (primary N) is 1. The number of anilines is 1. The number of hydrogen-bond donors (Lipinski definition) is 1. The molecule has 0 radical (unpaired) electrons. The average molecular weight is 175 g/mol. The van der Waals surface area contributed by atoms with Crippen molar-refractivity contribution in [2.24, 2.45) is 0 Å². The fraction of sp³-hybridized carbons (Fsp3) is 0.111. The Kier molecular flexibility index (Phi) is 1.73. The molecule has 0 aliphatic carbocycles. The summed E-state index contributed by atoms with van der Waals surface area (Å²) in [6.07, 6.45) is 1.60. The van der Waals surface area contributed by atoms with Crippen LogP contribution in [0.1, 0.15) is 5.69 Å². The van der Waals surface area contributed by atoms with Gasteiger partial charge in [-0.05, 0) is 25.1 Å². The van der Waals surface area contributed by atoms with Crippen LogP contribution in [0.5, 0.6) is 0 Å². The Bertz CT molecular complexity index is 389. The van der Waals surface area contributed by atoms with E-state index in [1.165, 1.54) is 0 Å². The molecule has 0 amide bonds. The molecule has 66 valence electrons. The molecular formula is C9H9N3O. The topological polar surface area (TPSA) is 64.9 Å². The first kappa shape index (κ1) is 7.79. The molecule has 0 atom stereocenters. The summed E-state index contributed by atoms with van der Waals surface area (Å²) >= 11 is 0. The second kappa shape index (κ2) is 2.90. The first-order valence-corrected chi connectivity index (χ1v) is 3.91. The summed E-state index contributed by atoms with van der Waals surface area (Å²) in [5.74, 6) is 0.976. The van der Waals surface area contributed by atoms with E-state index < -0.39 is 0 Å². The molecule has 0 fully saturated rings. The Balaban J connectivity index is 2.53. The van der Waals surface area contributed by atoms with Gasteiger partial charge in [0.25, 0.3) is 0 Å². The van der Waals surface area contributed by atoms with E-state index >= 15 is 0 Å². The SMILES string of the molecule is Cc1cc(-c2ccco2)nc(N)n1. The van der Waals surface area contributed by atoms with Crippen molar-refractivity contribution in [3.8, 4) is 11.5 Å². The summed E-state index contributed by atoms with van der Waals surface area (Å²) in [5, 5.41) is 0. The third-order valence-corrected chi connectivity index (χ3v) is 1.65. The van der Waals surface area contributed by atoms with E-state index in [4.69, 9.17) is 10.2 Å². The smallest absolute Gasteiger partial charge is 0.220 e. The summed E-state index contributed by atoms with van der Waals surface area (Å²) in [7, 11) is 0. The van der Waals surface area contributed by atoms with Gasteiger partial charge in [-0.25, -0.2) is 9.97 Å². The standard InChI is InChI=1S/C9H9N3O/c1-6-5-7(12-9(10)11-6)8-3-2-4-13-8/h2-5H,1H3,(H2,10,11,12). The molecular weight excluding hydrogens is 166 g/mol. The molecule has 2 heterocycles. The molecule has 0 saturated carbocycles. The van der Waals surface area contributed by atoms with Crippen LogP contribution in [0, 0.1) is 6.92 Å². The maximum atomic E-state index is 5.50. The van der Waals surface area contributed by atoms with E-state index in [2.05, 4.69) is 9.97 Å². The molecule has 0 unspecified atom stereocenters. The Labute approximate surface area is 75.4 Å². The Morgan fingerprint density at radius 1 is 1.38 bits per heavy atom. The van der Waals surface area contributed by atoms with Crippen molar-refractivity contribution < 1.29 is 4.42 Å². The molecule has 13 heavy (non-hydrogen) atoms. The minimum absolute atomic E-state index is 0.270. The summed E-state index contributed by atoms with van der Waals surface area (Å²) in [6, 6.07) is 5.47. The first-order chi connectivity index (χ1) is 6.25. The van der Waals surface area contributed by atoms with Gasteiger partial charge >= 0.3 is 0 Å². The summed E-state index contributed by atoms with van der Waals surface area (Å²) in [6.45, 7) is 1.87. The largest absolute Gasteiger partial charge is 0.463 e. The predicted molar refractivity (Wildman–Crippen MR) is 48.9 cm³/mol. The van der Waals surface area contributed by atoms with E-state index in [0.717, 1.165) is 11.4 Å². The van der Waals surface area contributed by atoms with Gasteiger partial charge < -0.3 is 10.2 Å². The number of aromatic nitrogens is 2. The second-order valence-corrected chi connectivity index (χ2v) is 2.73. The number of nitrogens with zero attached hydrogens (tertiary/aromatic N) is 2. The third kappa shape index (κ3) is 1.51. The number of hydrogen-bond acceptors (Lipinski definition) is 4. The van der Waals surface area contributed by atoms with Crippen LogP contribution in [-0.4, -0.2) is 9.97 Å². The molecule has 0 aliphatic heterocycles. The van der Waals surface area contributed by atoms with E-state index in [0.29, 0.717) is 5.76 Å². The van der Waals surface area contributed by atoms with Crippen LogP contribution in [0.25, 0.3) is 11.5 Å². The summed E-state index contributed by atoms with van der Waals surface area (Å²) in [5.41, 5.74) is 7.05. The highest BCUT2D eigenvalue weighted by Crippen LogP contribution is 2.18. The molecule has 0 bridgehead atoms. The molecule has 2 rings (SSSR count). The fourth-order valence-electron chi connectivity index (χ4n) is 1.14. The van der Waals surface area contributed by atoms with Gasteiger partial charge in [0.1, 0.15) is 5.69 Å². The van der Waals surface area contributed by atoms with Gasteiger partial charge in [0, 0.05) is 5.69 Å². The molecule has 0 saturated heterocycles. The van der Waals surface area contributed by atoms with E-state index in [-0.39, 0.29) is 5.95 Å². The lowest BCUT2D eigenvalue weighted by Crippen LogP contribution is -1.97. The van der Waals surface area contributed by atoms with Crippen LogP contribution in [0.3, 0.4) is 0 Å². The quantitative estimate of drug-likeness (QED) is 0.715. The van der Waals surface area contributed by atoms with Crippen LogP contribution in [0.15, 0.2) is 28.9 Å². The minimum Gasteiger partial charge on any atom is -0.463 e. The zero-order valence-electron chi connectivity index (χ0n) is 7.19. The van der Waals surface area contributed by atoms with E-state index in [1.54, 1.807) is 6.26 Å². The van der Waals surface area contributed by atoms with Crippen molar-refractivity contribution in [3.05, 3.63) is 30.2 Å². The fourth-order valence-corrected chi connectivity index (χ4v) is 1.14. The monoisotopic (exact) mass is 175 g/mol. The highest BCUT2D eigenvalue weighted by Gasteiger charge is 2.03. The summed E-state index contributed by atoms with van der Waals surface area (Å²) in [4.78, 5) is 8.02. The number of aryl methyl sites for hydroxylation is 1. The van der Waals surface area contributed by atoms with Crippen LogP contribution in [0.2, 0.25) is 0 Å². The van der Waals surface area contributed by atoms with Crippen molar-refractivity contribution in [2.75, 3.05) is 5.73 Å². The average Bonchev–Trinajstić information content (AvgIpc) is 2.53. The Morgan fingerprint density at radius 2 is 2.23 bits per heavy atom. The maximum Gasteiger partial charge on any atom is 0.220 e. The molecule has 0 aromatic carbocycles. The Hall–Kier alpha value is -1.84. The van der Waals surface area contributed by atoms with Gasteiger partial charge in [0.15, 0.2) is 5.76 Å². The lowest BCUT2D eigenvalue weighted by Gasteiger charge is -1.98. The first-order valence-electron chi connectivity index (χ1n) is 3.91. The molecule has 2 aromatic heterocycles. The zero-order chi connectivity index (χ0) is 9.26. The van der Waals surface area contributed by atoms with E-state index in [1.807, 2.05) is 25.1 Å². The third-order valence-electron chi connectivity index (χ3n) is 1.65. The van der Waals surface area contributed by atoms with Gasteiger partial charge in [0.2, 0.25) is 5.95 Å². The van der Waals surface area contributed by atoms with Crippen molar-refractivity contribution >= 4 is 5.95 Å². The van der Waals surface area contributed by atoms with Crippen molar-refractivity contribution in [2.45, 2.75) is 6.92 Å². The minimum atomic E-state index is 0.270. The summed E-state index contributed by atoms with van der Waals surface area (Å²) < 4.78 is 5.18. The number of rotatable bonds is 1. The molecule has 2 aromatic rings. The van der Waals surface area contributed by atoms with Gasteiger partial charge in [-0.3, -0.25) is 0 Å². The van der Waals surface area contributed by atoms with Crippen LogP contribution < -0.4 is 5.73 Å². The molecule has 4 heteroatoms. The molecule has 0 aliphatic rings. The molecule has 4 nitrogen and oxygen atoms in total. The van der Waals surface area contributed by atoms with Gasteiger partial charge in [-0.2, -0.15) is 0 Å². The predicted octanol–water partition coefficient (Wildman–Crippen LogP) is 1.63. The van der Waals surface area contributed by atoms with Crippen LogP contribution in [0.4, 0.5) is 5.95 Å². The van der Waals surface area contributed by atoms with Crippen LogP contribution in [-0.2, 0) is 0 Å². The van der Waals surface area contributed by atoms with Crippen molar-refractivity contribution in [3.63, 3.8) is 0 Å². The lowest BCUT2D eigenvalue weighted by atomic mass is 10.3. The Morgan fingerprint density at radius 3 is 2.85 bits per heavy atom. The zero-order valence-corrected chi connectivity index (χ0v) is 7.19. The maximum absolute atomic E-state index is 5.50. The number of furan rings is 1. The second-order valence-electron chi connectivity index (χ2n) is 2.73. The van der Waals surface area contributed by atoms with E-state index in [9.17, 15) is 0 Å². The highest BCUT2D eigenvalue weighted by molar-refractivity contribution is 5.53. The number of nitrogen functional groups attached to an aromatic ring is 1. The lowest BCUT2D eigenvalue weighted by molar-refractivity contribution is 0.580. The van der Waals surface area contributed by atoms with Gasteiger partial charge in [-0.15, -0.1) is 0 Å². The highest BCUT2D eigenvalue weighted by atomic mass is 16.3. The van der Waals surface area contributed by atoms with Crippen molar-refractivity contribution in [1.29, 1.82) is 0 Å². The van der Waals surface area contributed by atoms with Crippen LogP contribution >= 0.6 is 0 Å².